The van der Waals surface area contributed by atoms with Gasteiger partial charge in [-0.2, -0.15) is 0 Å². The first-order valence-corrected chi connectivity index (χ1v) is 18.8. The lowest BCUT2D eigenvalue weighted by Crippen LogP contribution is -1.96. The second kappa shape index (κ2) is 20.8. The van der Waals surface area contributed by atoms with Gasteiger partial charge in [-0.3, -0.25) is 30.3 Å². The molecule has 6 aromatic carbocycles. The zero-order valence-electron chi connectivity index (χ0n) is 29.2. The molecule has 0 N–H and O–H groups in total. The van der Waals surface area contributed by atoms with Crippen molar-refractivity contribution in [1.82, 2.24) is 0 Å². The minimum atomic E-state index is -0.454. The van der Waals surface area contributed by atoms with Gasteiger partial charge in [-0.1, -0.05) is 95.3 Å². The van der Waals surface area contributed by atoms with Gasteiger partial charge in [0.15, 0.2) is 0 Å². The van der Waals surface area contributed by atoms with Gasteiger partial charge in [0.1, 0.15) is 17.5 Å². The lowest BCUT2D eigenvalue weighted by Gasteiger charge is -2.09. The van der Waals surface area contributed by atoms with E-state index in [0.29, 0.717) is 53.5 Å². The van der Waals surface area contributed by atoms with Crippen LogP contribution in [0.3, 0.4) is 0 Å². The Morgan fingerprint density at radius 2 is 0.825 bits per heavy atom. The molecular weight excluding hydrogens is 939 g/mol. The van der Waals surface area contributed by atoms with E-state index >= 15 is 0 Å². The van der Waals surface area contributed by atoms with Gasteiger partial charge in [0, 0.05) is 29.3 Å². The molecule has 0 unspecified atom stereocenters. The molecule has 0 spiro atoms. The van der Waals surface area contributed by atoms with Crippen molar-refractivity contribution in [3.63, 3.8) is 0 Å². The third-order valence-corrected chi connectivity index (χ3v) is 9.22. The van der Waals surface area contributed by atoms with E-state index in [9.17, 15) is 43.5 Å². The average molecular weight is 966 g/mol. The van der Waals surface area contributed by atoms with Crippen molar-refractivity contribution < 1.29 is 27.9 Å². The predicted molar refractivity (Wildman–Crippen MR) is 227 cm³/mol. The first kappa shape index (κ1) is 43.7. The van der Waals surface area contributed by atoms with Crippen molar-refractivity contribution in [2.75, 3.05) is 0 Å². The van der Waals surface area contributed by atoms with E-state index < -0.39 is 14.8 Å². The number of rotatable bonds is 9. The summed E-state index contributed by atoms with van der Waals surface area (Å²) in [7, 11) is 0. The Morgan fingerprint density at radius 3 is 1.23 bits per heavy atom. The van der Waals surface area contributed by atoms with Gasteiger partial charge in [0.2, 0.25) is 0 Å². The maximum absolute atomic E-state index is 13.0. The number of hydrogen-bond donors (Lipinski definition) is 0. The van der Waals surface area contributed by atoms with Crippen molar-refractivity contribution in [3.05, 3.63) is 242 Å². The zero-order valence-corrected chi connectivity index (χ0v) is 34.0. The first-order chi connectivity index (χ1) is 27.2. The molecule has 0 atom stereocenters. The molecule has 0 aliphatic heterocycles. The van der Waals surface area contributed by atoms with Crippen LogP contribution in [0.2, 0.25) is 0 Å². The van der Waals surface area contributed by atoms with E-state index in [2.05, 4.69) is 54.4 Å². The minimum Gasteiger partial charge on any atom is -0.258 e. The Hall–Kier alpha value is -6.03. The summed E-state index contributed by atoms with van der Waals surface area (Å²) in [5.41, 5.74) is 5.13. The first-order valence-electron chi connectivity index (χ1n) is 16.3. The number of nitrogens with zero attached hydrogens (tertiary/aromatic N) is 3. The SMILES string of the molecule is C=C(c1ccc(F)cc1)c1ccccc1[N+](=O)[O-].O=[N+]([O-])c1ccccc1C(=C(Br)Br)c1ccc(F)cc1.O=[N+]([O-])c1ccccc1C(=CBr)c1ccc(F)cc1. The second-order valence-corrected chi connectivity index (χ2v) is 14.6. The highest BCUT2D eigenvalue weighted by atomic mass is 79.9. The normalized spacial score (nSPS) is 10.5. The third kappa shape index (κ3) is 11.7. The quantitative estimate of drug-likeness (QED) is 0.105. The Labute approximate surface area is 349 Å². The van der Waals surface area contributed by atoms with E-state index in [1.54, 1.807) is 96.0 Å². The molecule has 0 saturated carbocycles. The molecule has 15 heteroatoms. The van der Waals surface area contributed by atoms with Crippen LogP contribution >= 0.6 is 47.8 Å². The van der Waals surface area contributed by atoms with Crippen LogP contribution in [-0.4, -0.2) is 14.8 Å². The average Bonchev–Trinajstić information content (AvgIpc) is 3.20. The third-order valence-electron chi connectivity index (χ3n) is 7.97. The van der Waals surface area contributed by atoms with Gasteiger partial charge in [-0.25, -0.2) is 13.2 Å². The van der Waals surface area contributed by atoms with E-state index in [1.165, 1.54) is 54.6 Å². The van der Waals surface area contributed by atoms with Gasteiger partial charge < -0.3 is 0 Å². The molecule has 0 bridgehead atoms. The maximum atomic E-state index is 13.0. The van der Waals surface area contributed by atoms with Crippen LogP contribution in [0.5, 0.6) is 0 Å². The fourth-order valence-corrected chi connectivity index (χ4v) is 6.69. The van der Waals surface area contributed by atoms with Crippen LogP contribution in [-0.2, 0) is 0 Å². The van der Waals surface area contributed by atoms with E-state index in [4.69, 9.17) is 0 Å². The summed E-state index contributed by atoms with van der Waals surface area (Å²) in [5.74, 6) is -1.06. The summed E-state index contributed by atoms with van der Waals surface area (Å²) in [5, 5.41) is 33.1. The number of nitro benzene ring substituents is 3. The molecule has 0 radical (unpaired) electrons. The van der Waals surface area contributed by atoms with Gasteiger partial charge in [-0.15, -0.1) is 0 Å². The molecule has 0 aliphatic carbocycles. The molecule has 0 heterocycles. The molecule has 0 aliphatic rings. The number of halogens is 6. The molecule has 0 amide bonds. The molecular formula is C42H27Br3F3N3O6. The summed E-state index contributed by atoms with van der Waals surface area (Å²) in [4.78, 5) is 33.3. The standard InChI is InChI=1S/C14H8Br2FNO2.C14H9BrFNO2.C14H10FNO2/c15-14(16)13(9-5-7-10(17)8-6-9)11-3-1-2-4-12(11)18(19)20;15-9-13(10-5-7-11(16)8-6-10)12-3-1-2-4-14(12)17(18)19;1-10(11-6-8-12(15)9-7-11)13-4-2-3-5-14(13)16(17)18/h1-8H;1-9H;2-9H,1H2. The van der Waals surface area contributed by atoms with Crippen LogP contribution in [0.4, 0.5) is 30.2 Å². The molecule has 288 valence electrons. The van der Waals surface area contributed by atoms with Crippen molar-refractivity contribution in [2.24, 2.45) is 0 Å². The fraction of sp³-hybridized carbons (Fsp3) is 0. The molecule has 9 nitrogen and oxygen atoms in total. The minimum absolute atomic E-state index is 0.00757. The summed E-state index contributed by atoms with van der Waals surface area (Å²) in [6.07, 6.45) is 0. The lowest BCUT2D eigenvalue weighted by molar-refractivity contribution is -0.385. The Bertz CT molecular complexity index is 2480. The number of para-hydroxylation sites is 3. The van der Waals surface area contributed by atoms with Crippen molar-refractivity contribution in [3.8, 4) is 0 Å². The molecule has 0 saturated heterocycles. The number of benzene rings is 6. The van der Waals surface area contributed by atoms with Gasteiger partial charge in [0.05, 0.1) is 34.9 Å². The van der Waals surface area contributed by atoms with Crippen LogP contribution in [0.15, 0.2) is 161 Å². The van der Waals surface area contributed by atoms with Crippen LogP contribution < -0.4 is 0 Å². The van der Waals surface area contributed by atoms with E-state index in [1.807, 2.05) is 0 Å². The smallest absolute Gasteiger partial charge is 0.258 e. The Kier molecular flexibility index (Phi) is 15.9. The molecule has 6 aromatic rings. The van der Waals surface area contributed by atoms with Crippen molar-refractivity contribution in [1.29, 1.82) is 0 Å². The maximum Gasteiger partial charge on any atom is 0.277 e. The second-order valence-electron chi connectivity index (χ2n) is 11.5. The number of hydrogen-bond acceptors (Lipinski definition) is 6. The van der Waals surface area contributed by atoms with Crippen molar-refractivity contribution >= 4 is 81.6 Å². The van der Waals surface area contributed by atoms with E-state index in [-0.39, 0.29) is 34.5 Å². The van der Waals surface area contributed by atoms with Crippen LogP contribution in [0, 0.1) is 47.8 Å². The van der Waals surface area contributed by atoms with Crippen molar-refractivity contribution in [2.45, 2.75) is 0 Å². The number of nitro groups is 3. The summed E-state index contributed by atoms with van der Waals surface area (Å²) in [6.45, 7) is 3.84. The summed E-state index contributed by atoms with van der Waals surface area (Å²) in [6, 6.07) is 36.5. The van der Waals surface area contributed by atoms with E-state index in [0.717, 1.165) is 0 Å². The highest BCUT2D eigenvalue weighted by Gasteiger charge is 2.20. The summed E-state index contributed by atoms with van der Waals surface area (Å²) >= 11 is 9.80. The molecule has 0 aromatic heterocycles. The largest absolute Gasteiger partial charge is 0.277 e. The lowest BCUT2D eigenvalue weighted by atomic mass is 9.98. The van der Waals surface area contributed by atoms with Crippen LogP contribution in [0.25, 0.3) is 16.7 Å². The predicted octanol–water partition coefficient (Wildman–Crippen LogP) is 13.6. The monoisotopic (exact) mass is 963 g/mol. The van der Waals surface area contributed by atoms with Crippen LogP contribution in [0.1, 0.15) is 33.4 Å². The van der Waals surface area contributed by atoms with Gasteiger partial charge in [-0.05, 0) is 114 Å². The summed E-state index contributed by atoms with van der Waals surface area (Å²) < 4.78 is 39.3. The molecule has 0 fully saturated rings. The Morgan fingerprint density at radius 1 is 0.491 bits per heavy atom. The topological polar surface area (TPSA) is 129 Å². The van der Waals surface area contributed by atoms with Gasteiger partial charge in [0.25, 0.3) is 17.1 Å². The fourth-order valence-electron chi connectivity index (χ4n) is 5.29. The zero-order chi connectivity index (χ0) is 41.6. The van der Waals surface area contributed by atoms with Gasteiger partial charge >= 0.3 is 0 Å². The molecule has 57 heavy (non-hydrogen) atoms. The highest BCUT2D eigenvalue weighted by Crippen LogP contribution is 2.38. The Balaban J connectivity index is 0.000000190. The highest BCUT2D eigenvalue weighted by molar-refractivity contribution is 9.28. The molecule has 6 rings (SSSR count).